The molecule has 1 aliphatic rings. The molecule has 7 heteroatoms. The lowest BCUT2D eigenvalue weighted by Crippen LogP contribution is -2.40. The molecule has 2 atom stereocenters. The van der Waals surface area contributed by atoms with Crippen molar-refractivity contribution >= 4 is 11.0 Å². The van der Waals surface area contributed by atoms with Crippen molar-refractivity contribution in [3.63, 3.8) is 0 Å². The molecule has 3 N–H and O–H groups in total. The Balaban J connectivity index is 2.09. The number of hydrogen-bond acceptors (Lipinski definition) is 4. The van der Waals surface area contributed by atoms with Gasteiger partial charge < -0.3 is 10.8 Å². The fourth-order valence-electron chi connectivity index (χ4n) is 1.73. The third-order valence-electron chi connectivity index (χ3n) is 2.79. The molecule has 2 heterocycles. The number of nitrogens with two attached hydrogens (primary N) is 1. The molecule has 0 bridgehead atoms. The molecule has 1 fully saturated rings. The number of hydrogen-bond donors (Lipinski definition) is 2. The summed E-state index contributed by atoms with van der Waals surface area (Å²) in [4.78, 5) is 3.77. The predicted molar refractivity (Wildman–Crippen MR) is 60.8 cm³/mol. The van der Waals surface area contributed by atoms with Gasteiger partial charge in [-0.05, 0) is 18.6 Å². The molecule has 0 amide bonds. The highest BCUT2D eigenvalue weighted by Gasteiger charge is 2.37. The first-order valence-corrected chi connectivity index (χ1v) is 6.36. The lowest BCUT2D eigenvalue weighted by atomic mass is 10.1. The van der Waals surface area contributed by atoms with Crippen molar-refractivity contribution in [3.8, 4) is 0 Å². The molecule has 2 unspecified atom stereocenters. The standard InChI is InChI=1S/C10H14FN3O2S/c11-8-1-2-9(13-5-8)17(16)14-4-3-10(15,6-12)7-14/h1-2,5,15H,3-4,6-7,12H2. The number of aliphatic hydroxyl groups is 1. The van der Waals surface area contributed by atoms with Gasteiger partial charge in [-0.15, -0.1) is 0 Å². The Morgan fingerprint density at radius 2 is 2.41 bits per heavy atom. The van der Waals surface area contributed by atoms with Crippen LogP contribution in [0.5, 0.6) is 0 Å². The van der Waals surface area contributed by atoms with Crippen LogP contribution in [0, 0.1) is 5.82 Å². The van der Waals surface area contributed by atoms with Crippen molar-refractivity contribution in [2.75, 3.05) is 19.6 Å². The van der Waals surface area contributed by atoms with Crippen molar-refractivity contribution < 1.29 is 13.7 Å². The summed E-state index contributed by atoms with van der Waals surface area (Å²) in [6.45, 7) is 0.867. The van der Waals surface area contributed by atoms with Gasteiger partial charge in [0.25, 0.3) is 0 Å². The fraction of sp³-hybridized carbons (Fsp3) is 0.500. The average Bonchev–Trinajstić information content (AvgIpc) is 2.73. The van der Waals surface area contributed by atoms with E-state index in [0.29, 0.717) is 13.0 Å². The highest BCUT2D eigenvalue weighted by Crippen LogP contribution is 2.23. The van der Waals surface area contributed by atoms with Crippen LogP contribution < -0.4 is 5.73 Å². The molecule has 1 saturated heterocycles. The molecule has 0 saturated carbocycles. The zero-order valence-electron chi connectivity index (χ0n) is 9.17. The number of halogens is 1. The van der Waals surface area contributed by atoms with E-state index in [9.17, 15) is 13.7 Å². The second-order valence-corrected chi connectivity index (χ2v) is 5.54. The lowest BCUT2D eigenvalue weighted by molar-refractivity contribution is 0.0655. The molecule has 0 aromatic carbocycles. The van der Waals surface area contributed by atoms with E-state index in [1.807, 2.05) is 0 Å². The minimum atomic E-state index is -1.48. The van der Waals surface area contributed by atoms with Crippen LogP contribution >= 0.6 is 0 Å². The second kappa shape index (κ2) is 4.77. The van der Waals surface area contributed by atoms with Crippen LogP contribution in [0.3, 0.4) is 0 Å². The van der Waals surface area contributed by atoms with Gasteiger partial charge in [-0.3, -0.25) is 0 Å². The molecule has 5 nitrogen and oxygen atoms in total. The molecule has 1 aromatic rings. The summed E-state index contributed by atoms with van der Waals surface area (Å²) in [5.74, 6) is -0.467. The van der Waals surface area contributed by atoms with E-state index in [2.05, 4.69) is 4.98 Å². The maximum absolute atomic E-state index is 12.7. The van der Waals surface area contributed by atoms with Gasteiger partial charge in [0.15, 0.2) is 0 Å². The molecule has 94 valence electrons. The van der Waals surface area contributed by atoms with E-state index in [1.165, 1.54) is 12.1 Å². The first kappa shape index (κ1) is 12.6. The van der Waals surface area contributed by atoms with Crippen LogP contribution in [0.2, 0.25) is 0 Å². The molecule has 0 aliphatic carbocycles. The molecule has 17 heavy (non-hydrogen) atoms. The number of rotatable bonds is 3. The quantitative estimate of drug-likeness (QED) is 0.777. The van der Waals surface area contributed by atoms with Gasteiger partial charge in [0.1, 0.15) is 21.8 Å². The van der Waals surface area contributed by atoms with Crippen molar-refractivity contribution in [1.29, 1.82) is 0 Å². The third-order valence-corrected chi connectivity index (χ3v) is 4.17. The molecular weight excluding hydrogens is 245 g/mol. The largest absolute Gasteiger partial charge is 0.387 e. The summed E-state index contributed by atoms with van der Waals surface area (Å²) in [6, 6.07) is 2.59. The Labute approximate surface area is 101 Å². The van der Waals surface area contributed by atoms with E-state index >= 15 is 0 Å². The van der Waals surface area contributed by atoms with Crippen LogP contribution in [0.4, 0.5) is 4.39 Å². The lowest BCUT2D eigenvalue weighted by Gasteiger charge is -2.20. The second-order valence-electron chi connectivity index (χ2n) is 4.11. The Kier molecular flexibility index (Phi) is 3.53. The van der Waals surface area contributed by atoms with Gasteiger partial charge in [-0.25, -0.2) is 17.9 Å². The minimum absolute atomic E-state index is 0.136. The SMILES string of the molecule is NCC1(O)CCN(S(=O)c2ccc(F)cn2)C1. The van der Waals surface area contributed by atoms with E-state index < -0.39 is 22.4 Å². The maximum Gasteiger partial charge on any atom is 0.146 e. The van der Waals surface area contributed by atoms with Gasteiger partial charge >= 0.3 is 0 Å². The van der Waals surface area contributed by atoms with Gasteiger partial charge in [-0.1, -0.05) is 0 Å². The van der Waals surface area contributed by atoms with Crippen LogP contribution in [0.25, 0.3) is 0 Å². The number of pyridine rings is 1. The van der Waals surface area contributed by atoms with Crippen LogP contribution in [-0.4, -0.2) is 43.8 Å². The van der Waals surface area contributed by atoms with Crippen molar-refractivity contribution in [2.45, 2.75) is 17.0 Å². The number of aromatic nitrogens is 1. The summed E-state index contributed by atoms with van der Waals surface area (Å²) < 4.78 is 26.3. The first-order valence-electron chi connectivity index (χ1n) is 5.25. The van der Waals surface area contributed by atoms with E-state index in [1.54, 1.807) is 4.31 Å². The molecule has 2 rings (SSSR count). The molecule has 1 aliphatic heterocycles. The van der Waals surface area contributed by atoms with Crippen molar-refractivity contribution in [3.05, 3.63) is 24.1 Å². The van der Waals surface area contributed by atoms with Gasteiger partial charge in [0, 0.05) is 19.6 Å². The highest BCUT2D eigenvalue weighted by atomic mass is 32.2. The number of nitrogens with zero attached hydrogens (tertiary/aromatic N) is 2. The summed E-state index contributed by atoms with van der Waals surface area (Å²) in [5, 5.41) is 10.2. The zero-order valence-corrected chi connectivity index (χ0v) is 9.99. The monoisotopic (exact) mass is 259 g/mol. The molecule has 0 spiro atoms. The summed E-state index contributed by atoms with van der Waals surface area (Å²) in [7, 11) is -1.48. The summed E-state index contributed by atoms with van der Waals surface area (Å²) >= 11 is 0. The van der Waals surface area contributed by atoms with Gasteiger partial charge in [-0.2, -0.15) is 0 Å². The molecule has 1 aromatic heterocycles. The zero-order chi connectivity index (χ0) is 12.5. The van der Waals surface area contributed by atoms with Gasteiger partial charge in [0.2, 0.25) is 0 Å². The first-order chi connectivity index (χ1) is 8.04. The summed E-state index contributed by atoms with van der Waals surface area (Å²) in [6.07, 6.45) is 1.51. The Hall–Kier alpha value is -0.890. The van der Waals surface area contributed by atoms with Crippen LogP contribution in [0.1, 0.15) is 6.42 Å². The number of β-amino-alcohol motifs (C(OH)–C–C–N with tert-alkyl or cyclic N) is 1. The van der Waals surface area contributed by atoms with Crippen LogP contribution in [0.15, 0.2) is 23.4 Å². The molecule has 0 radical (unpaired) electrons. The maximum atomic E-state index is 12.7. The highest BCUT2D eigenvalue weighted by molar-refractivity contribution is 7.82. The smallest absolute Gasteiger partial charge is 0.146 e. The third kappa shape index (κ3) is 2.68. The van der Waals surface area contributed by atoms with Crippen LogP contribution in [-0.2, 0) is 11.0 Å². The molecular formula is C10H14FN3O2S. The van der Waals surface area contributed by atoms with E-state index in [0.717, 1.165) is 6.20 Å². The van der Waals surface area contributed by atoms with Crippen molar-refractivity contribution in [2.24, 2.45) is 5.73 Å². The van der Waals surface area contributed by atoms with Gasteiger partial charge in [0.05, 0.1) is 11.8 Å². The predicted octanol–water partition coefficient (Wildman–Crippen LogP) is -0.361. The Morgan fingerprint density at radius 1 is 1.65 bits per heavy atom. The van der Waals surface area contributed by atoms with Crippen molar-refractivity contribution in [1.82, 2.24) is 9.29 Å². The summed E-state index contributed by atoms with van der Waals surface area (Å²) in [5.41, 5.74) is 4.47. The Bertz CT molecular complexity index is 428. The van der Waals surface area contributed by atoms with E-state index in [-0.39, 0.29) is 18.1 Å². The normalized spacial score (nSPS) is 27.2. The Morgan fingerprint density at radius 3 is 2.94 bits per heavy atom. The van der Waals surface area contributed by atoms with E-state index in [4.69, 9.17) is 5.73 Å². The fourth-order valence-corrected chi connectivity index (χ4v) is 2.93. The average molecular weight is 259 g/mol. The topological polar surface area (TPSA) is 79.5 Å². The minimum Gasteiger partial charge on any atom is -0.387 e.